The van der Waals surface area contributed by atoms with Gasteiger partial charge in [0.15, 0.2) is 0 Å². The van der Waals surface area contributed by atoms with Gasteiger partial charge in [0.1, 0.15) is 5.75 Å². The summed E-state index contributed by atoms with van der Waals surface area (Å²) in [6.45, 7) is 4.69. The van der Waals surface area contributed by atoms with Crippen molar-refractivity contribution >= 4 is 5.91 Å². The Bertz CT molecular complexity index is 673. The summed E-state index contributed by atoms with van der Waals surface area (Å²) in [6, 6.07) is 18.8. The summed E-state index contributed by atoms with van der Waals surface area (Å²) in [5, 5.41) is 5.44. The average molecular weight is 339 g/mol. The van der Waals surface area contributed by atoms with Crippen molar-refractivity contribution in [2.45, 2.75) is 19.4 Å². The number of nitrogens with zero attached hydrogens (tertiary/aromatic N) is 1. The van der Waals surface area contributed by atoms with Crippen molar-refractivity contribution < 1.29 is 9.53 Å². The van der Waals surface area contributed by atoms with Gasteiger partial charge in [-0.1, -0.05) is 42.5 Å². The zero-order valence-corrected chi connectivity index (χ0v) is 14.6. The van der Waals surface area contributed by atoms with Crippen molar-refractivity contribution in [2.24, 2.45) is 0 Å². The molecule has 1 unspecified atom stereocenters. The molecule has 132 valence electrons. The molecule has 0 aromatic heterocycles. The minimum atomic E-state index is -0.0181. The lowest BCUT2D eigenvalue weighted by molar-refractivity contribution is -0.124. The van der Waals surface area contributed by atoms with Gasteiger partial charge in [0, 0.05) is 32.6 Å². The maximum absolute atomic E-state index is 11.1. The second-order valence-electron chi connectivity index (χ2n) is 6.29. The number of hydrogen-bond acceptors (Lipinski definition) is 4. The number of amides is 1. The highest BCUT2D eigenvalue weighted by molar-refractivity contribution is 5.72. The van der Waals surface area contributed by atoms with Gasteiger partial charge in [-0.3, -0.25) is 10.2 Å². The van der Waals surface area contributed by atoms with Crippen LogP contribution in [0, 0.1) is 0 Å². The predicted octanol–water partition coefficient (Wildman–Crippen LogP) is 2.45. The first-order chi connectivity index (χ1) is 12.2. The molecule has 2 aromatic rings. The SMILES string of the molecule is CC(=O)NN1CCNC(CCOc2ccc(-c3ccccc3)cc2)C1. The van der Waals surface area contributed by atoms with Gasteiger partial charge in [-0.25, -0.2) is 5.01 Å². The van der Waals surface area contributed by atoms with Crippen LogP contribution in [0.5, 0.6) is 5.75 Å². The van der Waals surface area contributed by atoms with Crippen LogP contribution in [-0.4, -0.2) is 43.2 Å². The van der Waals surface area contributed by atoms with Crippen LogP contribution in [0.3, 0.4) is 0 Å². The van der Waals surface area contributed by atoms with E-state index in [-0.39, 0.29) is 5.91 Å². The van der Waals surface area contributed by atoms with Crippen molar-refractivity contribution in [1.82, 2.24) is 15.8 Å². The summed E-state index contributed by atoms with van der Waals surface area (Å²) in [4.78, 5) is 11.1. The lowest BCUT2D eigenvalue weighted by Crippen LogP contribution is -2.56. The van der Waals surface area contributed by atoms with Crippen molar-refractivity contribution in [3.8, 4) is 16.9 Å². The first kappa shape index (κ1) is 17.5. The van der Waals surface area contributed by atoms with Crippen LogP contribution in [-0.2, 0) is 4.79 Å². The predicted molar refractivity (Wildman–Crippen MR) is 99.2 cm³/mol. The molecule has 0 aliphatic carbocycles. The third-order valence-electron chi connectivity index (χ3n) is 4.27. The summed E-state index contributed by atoms with van der Waals surface area (Å²) in [6.07, 6.45) is 0.899. The Hall–Kier alpha value is -2.37. The molecule has 2 aromatic carbocycles. The highest BCUT2D eigenvalue weighted by atomic mass is 16.5. The summed E-state index contributed by atoms with van der Waals surface area (Å²) in [7, 11) is 0. The Morgan fingerprint density at radius 3 is 2.60 bits per heavy atom. The normalized spacial score (nSPS) is 17.9. The maximum Gasteiger partial charge on any atom is 0.231 e. The summed E-state index contributed by atoms with van der Waals surface area (Å²) >= 11 is 0. The molecule has 0 radical (unpaired) electrons. The van der Waals surface area contributed by atoms with Crippen molar-refractivity contribution in [3.63, 3.8) is 0 Å². The summed E-state index contributed by atoms with van der Waals surface area (Å²) in [5.41, 5.74) is 5.25. The lowest BCUT2D eigenvalue weighted by Gasteiger charge is -2.33. The molecule has 1 atom stereocenters. The quantitative estimate of drug-likeness (QED) is 0.849. The van der Waals surface area contributed by atoms with E-state index in [4.69, 9.17) is 4.74 Å². The summed E-state index contributed by atoms with van der Waals surface area (Å²) in [5.74, 6) is 0.865. The van der Waals surface area contributed by atoms with Crippen LogP contribution in [0.15, 0.2) is 54.6 Å². The van der Waals surface area contributed by atoms with Gasteiger partial charge in [0.2, 0.25) is 5.91 Å². The third-order valence-corrected chi connectivity index (χ3v) is 4.27. The number of piperazine rings is 1. The van der Waals surface area contributed by atoms with Crippen LogP contribution < -0.4 is 15.5 Å². The highest BCUT2D eigenvalue weighted by Crippen LogP contribution is 2.22. The number of carbonyl (C=O) groups is 1. The Kier molecular flexibility index (Phi) is 6.04. The van der Waals surface area contributed by atoms with Crippen molar-refractivity contribution in [1.29, 1.82) is 0 Å². The minimum absolute atomic E-state index is 0.0181. The molecule has 1 saturated heterocycles. The largest absolute Gasteiger partial charge is 0.494 e. The number of ether oxygens (including phenoxy) is 1. The maximum atomic E-state index is 11.1. The number of carbonyl (C=O) groups excluding carboxylic acids is 1. The molecule has 1 aliphatic heterocycles. The van der Waals surface area contributed by atoms with E-state index in [1.807, 2.05) is 35.3 Å². The van der Waals surface area contributed by atoms with Crippen LogP contribution in [0.2, 0.25) is 0 Å². The molecule has 5 nitrogen and oxygen atoms in total. The fraction of sp³-hybridized carbons (Fsp3) is 0.350. The molecular formula is C20H25N3O2. The van der Waals surface area contributed by atoms with Gasteiger partial charge in [0.25, 0.3) is 0 Å². The molecule has 3 rings (SSSR count). The molecule has 1 amide bonds. The van der Waals surface area contributed by atoms with Crippen molar-refractivity contribution in [3.05, 3.63) is 54.6 Å². The smallest absolute Gasteiger partial charge is 0.231 e. The molecule has 1 aliphatic rings. The molecule has 25 heavy (non-hydrogen) atoms. The Labute approximate surface area is 149 Å². The van der Waals surface area contributed by atoms with E-state index in [0.717, 1.165) is 31.8 Å². The number of benzene rings is 2. The van der Waals surface area contributed by atoms with Crippen LogP contribution in [0.4, 0.5) is 0 Å². The molecule has 5 heteroatoms. The lowest BCUT2D eigenvalue weighted by atomic mass is 10.1. The average Bonchev–Trinajstić information content (AvgIpc) is 2.63. The first-order valence-corrected chi connectivity index (χ1v) is 8.74. The van der Waals surface area contributed by atoms with Gasteiger partial charge < -0.3 is 10.1 Å². The zero-order valence-electron chi connectivity index (χ0n) is 14.6. The molecular weight excluding hydrogens is 314 g/mol. The van der Waals surface area contributed by atoms with Crippen LogP contribution >= 0.6 is 0 Å². The Morgan fingerprint density at radius 1 is 1.16 bits per heavy atom. The monoisotopic (exact) mass is 339 g/mol. The molecule has 1 heterocycles. The minimum Gasteiger partial charge on any atom is -0.494 e. The topological polar surface area (TPSA) is 53.6 Å². The van der Waals surface area contributed by atoms with E-state index in [9.17, 15) is 4.79 Å². The Morgan fingerprint density at radius 2 is 1.88 bits per heavy atom. The number of hydrazine groups is 1. The number of rotatable bonds is 6. The second-order valence-corrected chi connectivity index (χ2v) is 6.29. The fourth-order valence-corrected chi connectivity index (χ4v) is 3.04. The van der Waals surface area contributed by atoms with Gasteiger partial charge in [-0.05, 0) is 29.7 Å². The van der Waals surface area contributed by atoms with Gasteiger partial charge in [0.05, 0.1) is 6.61 Å². The number of nitrogens with one attached hydrogen (secondary N) is 2. The van der Waals surface area contributed by atoms with Crippen LogP contribution in [0.25, 0.3) is 11.1 Å². The third kappa shape index (κ3) is 5.31. The zero-order chi connectivity index (χ0) is 17.5. The molecule has 1 fully saturated rings. The van der Waals surface area contributed by atoms with Crippen LogP contribution in [0.1, 0.15) is 13.3 Å². The van der Waals surface area contributed by atoms with Gasteiger partial charge in [-0.2, -0.15) is 0 Å². The van der Waals surface area contributed by atoms with E-state index in [1.54, 1.807) is 6.92 Å². The van der Waals surface area contributed by atoms with E-state index in [0.29, 0.717) is 12.6 Å². The van der Waals surface area contributed by atoms with E-state index < -0.39 is 0 Å². The Balaban J connectivity index is 1.45. The van der Waals surface area contributed by atoms with Gasteiger partial charge >= 0.3 is 0 Å². The summed E-state index contributed by atoms with van der Waals surface area (Å²) < 4.78 is 5.87. The molecule has 2 N–H and O–H groups in total. The van der Waals surface area contributed by atoms with E-state index in [1.165, 1.54) is 11.1 Å². The van der Waals surface area contributed by atoms with E-state index >= 15 is 0 Å². The number of hydrogen-bond donors (Lipinski definition) is 2. The first-order valence-electron chi connectivity index (χ1n) is 8.74. The molecule has 0 bridgehead atoms. The molecule has 0 saturated carbocycles. The molecule has 0 spiro atoms. The fourth-order valence-electron chi connectivity index (χ4n) is 3.04. The standard InChI is InChI=1S/C20H25N3O2/c1-16(24)22-23-13-12-21-19(15-23)11-14-25-20-9-7-18(8-10-20)17-5-3-2-4-6-17/h2-10,19,21H,11-15H2,1H3,(H,22,24). The second kappa shape index (κ2) is 8.65. The van der Waals surface area contributed by atoms with Gasteiger partial charge in [-0.15, -0.1) is 0 Å². The van der Waals surface area contributed by atoms with Crippen molar-refractivity contribution in [2.75, 3.05) is 26.2 Å². The van der Waals surface area contributed by atoms with E-state index in [2.05, 4.69) is 35.0 Å². The highest BCUT2D eigenvalue weighted by Gasteiger charge is 2.19.